The Labute approximate surface area is 180 Å². The third kappa shape index (κ3) is 10.8. The molecule has 0 aliphatic rings. The Bertz CT molecular complexity index is 757. The highest BCUT2D eigenvalue weighted by Gasteiger charge is 2.31. The Morgan fingerprint density at radius 1 is 0.719 bits per heavy atom. The second-order valence-corrected chi connectivity index (χ2v) is 6.51. The number of aliphatic hydroxyl groups excluding tert-OH is 1. The van der Waals surface area contributed by atoms with Gasteiger partial charge in [0.25, 0.3) is 0 Å². The molecule has 16 nitrogen and oxygen atoms in total. The summed E-state index contributed by atoms with van der Waals surface area (Å²) >= 11 is 0. The summed E-state index contributed by atoms with van der Waals surface area (Å²) in [5.74, 6) is -8.88. The first-order valence-electron chi connectivity index (χ1n) is 9.00. The van der Waals surface area contributed by atoms with Gasteiger partial charge >= 0.3 is 17.9 Å². The van der Waals surface area contributed by atoms with E-state index in [9.17, 15) is 38.7 Å². The predicted molar refractivity (Wildman–Crippen MR) is 101 cm³/mol. The summed E-state index contributed by atoms with van der Waals surface area (Å²) in [5.41, 5.74) is 10.3. The molecule has 4 amide bonds. The highest BCUT2D eigenvalue weighted by Crippen LogP contribution is 2.01. The minimum Gasteiger partial charge on any atom is -0.481 e. The number of carboxylic acid groups (broad SMARTS) is 3. The third-order valence-corrected chi connectivity index (χ3v) is 3.85. The summed E-state index contributed by atoms with van der Waals surface area (Å²) in [7, 11) is 0. The van der Waals surface area contributed by atoms with E-state index in [-0.39, 0.29) is 0 Å². The minimum absolute atomic E-state index is 0.488. The van der Waals surface area contributed by atoms with E-state index in [0.29, 0.717) is 0 Å². The van der Waals surface area contributed by atoms with Gasteiger partial charge in [0, 0.05) is 6.42 Å². The van der Waals surface area contributed by atoms with E-state index in [1.54, 1.807) is 0 Å². The number of nitrogens with one attached hydrogen (secondary N) is 3. The molecular weight excluding hydrogens is 438 g/mol. The van der Waals surface area contributed by atoms with Crippen LogP contribution in [0.4, 0.5) is 0 Å². The van der Waals surface area contributed by atoms with Crippen molar-refractivity contribution in [1.82, 2.24) is 16.0 Å². The summed E-state index contributed by atoms with van der Waals surface area (Å²) in [6.45, 7) is -1.04. The number of nitrogens with two attached hydrogens (primary N) is 2. The van der Waals surface area contributed by atoms with Crippen molar-refractivity contribution in [2.24, 2.45) is 11.5 Å². The van der Waals surface area contributed by atoms with Crippen LogP contribution in [0.5, 0.6) is 0 Å². The Kier molecular flexibility index (Phi) is 11.9. The quantitative estimate of drug-likeness (QED) is 0.110. The van der Waals surface area contributed by atoms with Gasteiger partial charge in [0.1, 0.15) is 18.1 Å². The molecule has 0 fully saturated rings. The maximum absolute atomic E-state index is 12.4. The average molecular weight is 463 g/mol. The molecule has 0 saturated carbocycles. The van der Waals surface area contributed by atoms with Crippen molar-refractivity contribution in [2.45, 2.75) is 49.9 Å². The third-order valence-electron chi connectivity index (χ3n) is 3.85. The van der Waals surface area contributed by atoms with Crippen LogP contribution in [0.3, 0.4) is 0 Å². The molecule has 180 valence electrons. The maximum Gasteiger partial charge on any atom is 0.326 e. The van der Waals surface area contributed by atoms with Gasteiger partial charge in [0.15, 0.2) is 0 Å². The van der Waals surface area contributed by atoms with Crippen LogP contribution in [0.2, 0.25) is 0 Å². The van der Waals surface area contributed by atoms with Gasteiger partial charge in [-0.2, -0.15) is 0 Å². The molecule has 0 radical (unpaired) electrons. The minimum atomic E-state index is -1.77. The van der Waals surface area contributed by atoms with Crippen molar-refractivity contribution in [3.05, 3.63) is 0 Å². The average Bonchev–Trinajstić information content (AvgIpc) is 2.66. The molecule has 4 unspecified atom stereocenters. The molecule has 0 bridgehead atoms. The van der Waals surface area contributed by atoms with Gasteiger partial charge in [0.05, 0.1) is 25.5 Å². The molecule has 0 aromatic rings. The van der Waals surface area contributed by atoms with Crippen LogP contribution in [-0.4, -0.2) is 92.7 Å². The van der Waals surface area contributed by atoms with Crippen molar-refractivity contribution in [1.29, 1.82) is 0 Å². The van der Waals surface area contributed by atoms with E-state index in [1.807, 2.05) is 16.0 Å². The van der Waals surface area contributed by atoms with Crippen LogP contribution in [0.1, 0.15) is 25.7 Å². The Morgan fingerprint density at radius 3 is 1.66 bits per heavy atom. The van der Waals surface area contributed by atoms with E-state index < -0.39 is 98.0 Å². The maximum atomic E-state index is 12.4. The first-order valence-corrected chi connectivity index (χ1v) is 9.00. The zero-order valence-electron chi connectivity index (χ0n) is 16.6. The summed E-state index contributed by atoms with van der Waals surface area (Å²) in [5, 5.41) is 41.8. The molecule has 0 aromatic carbocycles. The van der Waals surface area contributed by atoms with Gasteiger partial charge in [-0.05, 0) is 6.42 Å². The van der Waals surface area contributed by atoms with E-state index in [4.69, 9.17) is 26.8 Å². The molecule has 16 heteroatoms. The molecule has 0 heterocycles. The van der Waals surface area contributed by atoms with E-state index >= 15 is 0 Å². The van der Waals surface area contributed by atoms with Crippen molar-refractivity contribution < 1.29 is 54.0 Å². The van der Waals surface area contributed by atoms with Gasteiger partial charge in [-0.1, -0.05) is 0 Å². The van der Waals surface area contributed by atoms with Crippen molar-refractivity contribution in [2.75, 3.05) is 6.61 Å². The van der Waals surface area contributed by atoms with Crippen molar-refractivity contribution in [3.8, 4) is 0 Å². The standard InChI is InChI=1S/C16H25N5O11/c17-6(3-10(18)23)13(28)20-8(4-12(26)27)14(29)21-9(5-22)15(30)19-7(16(31)32)1-2-11(24)25/h6-9,22H,1-5,17H2,(H2,18,23)(H,19,30)(H,20,28)(H,21,29)(H,24,25)(H,26,27)(H,31,32). The molecule has 0 rings (SSSR count). The van der Waals surface area contributed by atoms with Crippen LogP contribution in [-0.2, 0) is 33.6 Å². The first kappa shape index (κ1) is 28.2. The van der Waals surface area contributed by atoms with Crippen molar-refractivity contribution in [3.63, 3.8) is 0 Å². The van der Waals surface area contributed by atoms with Crippen LogP contribution >= 0.6 is 0 Å². The number of hydrogen-bond donors (Lipinski definition) is 9. The van der Waals surface area contributed by atoms with Crippen molar-refractivity contribution >= 4 is 41.5 Å². The van der Waals surface area contributed by atoms with E-state index in [0.717, 1.165) is 0 Å². The number of carboxylic acids is 3. The predicted octanol–water partition coefficient (Wildman–Crippen LogP) is -4.94. The van der Waals surface area contributed by atoms with Gasteiger partial charge in [-0.3, -0.25) is 28.8 Å². The molecule has 0 aliphatic carbocycles. The number of amides is 4. The molecule has 11 N–H and O–H groups in total. The van der Waals surface area contributed by atoms with Gasteiger partial charge < -0.3 is 47.8 Å². The number of carbonyl (C=O) groups is 7. The Balaban J connectivity index is 5.27. The monoisotopic (exact) mass is 463 g/mol. The Morgan fingerprint density at radius 2 is 1.22 bits per heavy atom. The van der Waals surface area contributed by atoms with Gasteiger partial charge in [-0.25, -0.2) is 4.79 Å². The summed E-state index contributed by atoms with van der Waals surface area (Å²) in [4.78, 5) is 80.1. The van der Waals surface area contributed by atoms with Crippen LogP contribution in [0, 0.1) is 0 Å². The topological polar surface area (TPSA) is 289 Å². The molecular formula is C16H25N5O11. The fraction of sp³-hybridized carbons (Fsp3) is 0.562. The van der Waals surface area contributed by atoms with Crippen LogP contribution < -0.4 is 27.4 Å². The lowest BCUT2D eigenvalue weighted by Crippen LogP contribution is -2.58. The second kappa shape index (κ2) is 13.5. The highest BCUT2D eigenvalue weighted by molar-refractivity contribution is 5.96. The normalized spacial score (nSPS) is 14.2. The molecule has 0 spiro atoms. The van der Waals surface area contributed by atoms with Gasteiger partial charge in [0.2, 0.25) is 23.6 Å². The smallest absolute Gasteiger partial charge is 0.326 e. The fourth-order valence-corrected chi connectivity index (χ4v) is 2.24. The number of aliphatic hydroxyl groups is 1. The lowest BCUT2D eigenvalue weighted by atomic mass is 10.1. The number of carbonyl (C=O) groups excluding carboxylic acids is 4. The van der Waals surface area contributed by atoms with E-state index in [2.05, 4.69) is 0 Å². The lowest BCUT2D eigenvalue weighted by Gasteiger charge is -2.23. The number of hydrogen-bond acceptors (Lipinski definition) is 9. The zero-order chi connectivity index (χ0) is 25.0. The van der Waals surface area contributed by atoms with Gasteiger partial charge in [-0.15, -0.1) is 0 Å². The summed E-state index contributed by atoms with van der Waals surface area (Å²) in [6.07, 6.45) is -2.64. The molecule has 0 aliphatic heterocycles. The van der Waals surface area contributed by atoms with Crippen LogP contribution in [0.15, 0.2) is 0 Å². The van der Waals surface area contributed by atoms with E-state index in [1.165, 1.54) is 0 Å². The number of aliphatic carboxylic acids is 3. The summed E-state index contributed by atoms with van der Waals surface area (Å²) < 4.78 is 0. The number of primary amides is 1. The fourth-order valence-electron chi connectivity index (χ4n) is 2.24. The first-order chi connectivity index (χ1) is 14.8. The molecule has 32 heavy (non-hydrogen) atoms. The molecule has 0 saturated heterocycles. The largest absolute Gasteiger partial charge is 0.481 e. The molecule has 0 aromatic heterocycles. The number of rotatable bonds is 15. The second-order valence-electron chi connectivity index (χ2n) is 6.51. The summed E-state index contributed by atoms with van der Waals surface area (Å²) in [6, 6.07) is -6.67. The SMILES string of the molecule is NC(=O)CC(N)C(=O)NC(CC(=O)O)C(=O)NC(CO)C(=O)NC(CCC(=O)O)C(=O)O. The highest BCUT2D eigenvalue weighted by atomic mass is 16.4. The van der Waals surface area contributed by atoms with Crippen LogP contribution in [0.25, 0.3) is 0 Å². The Hall–Kier alpha value is -3.79. The molecule has 4 atom stereocenters. The lowest BCUT2D eigenvalue weighted by molar-refractivity contribution is -0.144. The zero-order valence-corrected chi connectivity index (χ0v) is 16.6.